The third-order valence-electron chi connectivity index (χ3n) is 2.93. The molecule has 102 valence electrons. The van der Waals surface area contributed by atoms with Gasteiger partial charge in [-0.05, 0) is 12.1 Å². The largest absolute Gasteiger partial charge is 0.496 e. The molecule has 0 bridgehead atoms. The normalized spacial score (nSPS) is 10.9. The lowest BCUT2D eigenvalue weighted by molar-refractivity contribution is -0.110. The fraction of sp³-hybridized carbons (Fsp3) is 0.357. The van der Waals surface area contributed by atoms with Crippen LogP contribution < -0.4 is 4.74 Å². The third-order valence-corrected chi connectivity index (χ3v) is 2.93. The average Bonchev–Trinajstić information content (AvgIpc) is 2.89. The molecule has 1 aromatic heterocycles. The summed E-state index contributed by atoms with van der Waals surface area (Å²) < 4.78 is 17.7. The van der Waals surface area contributed by atoms with Crippen LogP contribution in [0.15, 0.2) is 36.5 Å². The van der Waals surface area contributed by atoms with Crippen LogP contribution >= 0.6 is 0 Å². The van der Waals surface area contributed by atoms with E-state index in [1.54, 1.807) is 27.5 Å². The predicted molar refractivity (Wildman–Crippen MR) is 71.1 cm³/mol. The molecule has 2 aromatic rings. The van der Waals surface area contributed by atoms with Crippen molar-refractivity contribution in [3.05, 3.63) is 47.8 Å². The molecular weight excluding hydrogens is 244 g/mol. The van der Waals surface area contributed by atoms with Gasteiger partial charge in [0.05, 0.1) is 19.3 Å². The first kappa shape index (κ1) is 13.6. The van der Waals surface area contributed by atoms with Crippen LogP contribution in [0.25, 0.3) is 0 Å². The molecule has 0 amide bonds. The molecule has 0 aliphatic heterocycles. The van der Waals surface area contributed by atoms with Crippen LogP contribution in [0.3, 0.4) is 0 Å². The maximum atomic E-state index is 5.34. The quantitative estimate of drug-likeness (QED) is 0.749. The Labute approximate surface area is 112 Å². The van der Waals surface area contributed by atoms with Crippen molar-refractivity contribution < 1.29 is 14.2 Å². The van der Waals surface area contributed by atoms with Gasteiger partial charge in [0.2, 0.25) is 0 Å². The van der Waals surface area contributed by atoms with Crippen molar-refractivity contribution in [3.8, 4) is 5.75 Å². The highest BCUT2D eigenvalue weighted by Crippen LogP contribution is 2.22. The second kappa shape index (κ2) is 6.36. The lowest BCUT2D eigenvalue weighted by Crippen LogP contribution is -2.13. The molecule has 5 heteroatoms. The minimum absolute atomic E-state index is 0.419. The maximum Gasteiger partial charge on any atom is 0.200 e. The first-order valence-electron chi connectivity index (χ1n) is 5.99. The van der Waals surface area contributed by atoms with Gasteiger partial charge in [0.25, 0.3) is 0 Å². The molecule has 5 nitrogen and oxygen atoms in total. The van der Waals surface area contributed by atoms with Gasteiger partial charge in [0.15, 0.2) is 6.29 Å². The molecule has 2 rings (SSSR count). The van der Waals surface area contributed by atoms with Crippen LogP contribution in [0, 0.1) is 0 Å². The molecule has 19 heavy (non-hydrogen) atoms. The summed E-state index contributed by atoms with van der Waals surface area (Å²) in [4.78, 5) is 0. The van der Waals surface area contributed by atoms with Gasteiger partial charge < -0.3 is 14.2 Å². The van der Waals surface area contributed by atoms with Crippen molar-refractivity contribution in [2.45, 2.75) is 12.8 Å². The molecule has 0 aliphatic rings. The van der Waals surface area contributed by atoms with Gasteiger partial charge in [0.1, 0.15) is 5.75 Å². The SMILES string of the molecule is COc1ccccc1Cn1nccc1C(OC)OC. The number of ether oxygens (including phenoxy) is 3. The first-order valence-corrected chi connectivity index (χ1v) is 5.99. The molecule has 0 saturated heterocycles. The summed E-state index contributed by atoms with van der Waals surface area (Å²) in [6.45, 7) is 0.607. The molecule has 0 unspecified atom stereocenters. The standard InChI is InChI=1S/C14H18N2O3/c1-17-13-7-5-4-6-11(13)10-16-12(8-9-15-16)14(18-2)19-3/h4-9,14H,10H2,1-3H3. The molecule has 0 atom stereocenters. The molecular formula is C14H18N2O3. The van der Waals surface area contributed by atoms with Crippen molar-refractivity contribution in [1.29, 1.82) is 0 Å². The number of aromatic nitrogens is 2. The topological polar surface area (TPSA) is 45.5 Å². The van der Waals surface area contributed by atoms with Gasteiger partial charge in [-0.25, -0.2) is 0 Å². The summed E-state index contributed by atoms with van der Waals surface area (Å²) in [5.41, 5.74) is 1.93. The molecule has 1 aromatic carbocycles. The zero-order valence-electron chi connectivity index (χ0n) is 11.4. The highest BCUT2D eigenvalue weighted by molar-refractivity contribution is 5.33. The Morgan fingerprint density at radius 3 is 2.53 bits per heavy atom. The Morgan fingerprint density at radius 1 is 1.11 bits per heavy atom. The van der Waals surface area contributed by atoms with Crippen LogP contribution in [0.2, 0.25) is 0 Å². The number of para-hydroxylation sites is 1. The van der Waals surface area contributed by atoms with E-state index in [2.05, 4.69) is 5.10 Å². The summed E-state index contributed by atoms with van der Waals surface area (Å²) in [6, 6.07) is 9.75. The highest BCUT2D eigenvalue weighted by atomic mass is 16.7. The van der Waals surface area contributed by atoms with Crippen molar-refractivity contribution in [1.82, 2.24) is 9.78 Å². The number of hydrogen-bond acceptors (Lipinski definition) is 4. The molecule has 0 fully saturated rings. The van der Waals surface area contributed by atoms with E-state index in [1.807, 2.05) is 35.0 Å². The van der Waals surface area contributed by atoms with E-state index < -0.39 is 6.29 Å². The Bertz CT molecular complexity index is 521. The van der Waals surface area contributed by atoms with E-state index in [9.17, 15) is 0 Å². The van der Waals surface area contributed by atoms with Crippen LogP contribution in [-0.2, 0) is 16.0 Å². The zero-order chi connectivity index (χ0) is 13.7. The molecule has 1 heterocycles. The van der Waals surface area contributed by atoms with Gasteiger partial charge >= 0.3 is 0 Å². The van der Waals surface area contributed by atoms with Crippen molar-refractivity contribution >= 4 is 0 Å². The van der Waals surface area contributed by atoms with Gasteiger partial charge in [-0.2, -0.15) is 5.10 Å². The van der Waals surface area contributed by atoms with Crippen molar-refractivity contribution in [2.75, 3.05) is 21.3 Å². The Balaban J connectivity index is 2.26. The van der Waals surface area contributed by atoms with E-state index in [-0.39, 0.29) is 0 Å². The molecule has 0 N–H and O–H groups in total. The summed E-state index contributed by atoms with van der Waals surface area (Å²) in [5.74, 6) is 0.843. The average molecular weight is 262 g/mol. The zero-order valence-corrected chi connectivity index (χ0v) is 11.4. The van der Waals surface area contributed by atoms with Crippen LogP contribution in [-0.4, -0.2) is 31.1 Å². The number of benzene rings is 1. The second-order valence-corrected chi connectivity index (χ2v) is 4.03. The molecule has 0 aliphatic carbocycles. The Morgan fingerprint density at radius 2 is 1.84 bits per heavy atom. The van der Waals surface area contributed by atoms with Gasteiger partial charge in [-0.1, -0.05) is 18.2 Å². The van der Waals surface area contributed by atoms with Crippen molar-refractivity contribution in [2.24, 2.45) is 0 Å². The number of methoxy groups -OCH3 is 3. The van der Waals surface area contributed by atoms with E-state index in [4.69, 9.17) is 14.2 Å². The van der Waals surface area contributed by atoms with Crippen LogP contribution in [0.4, 0.5) is 0 Å². The first-order chi connectivity index (χ1) is 9.30. The molecule has 0 saturated carbocycles. The van der Waals surface area contributed by atoms with E-state index in [1.165, 1.54) is 0 Å². The Hall–Kier alpha value is -1.85. The van der Waals surface area contributed by atoms with Crippen LogP contribution in [0.1, 0.15) is 17.5 Å². The van der Waals surface area contributed by atoms with Crippen LogP contribution in [0.5, 0.6) is 5.75 Å². The lowest BCUT2D eigenvalue weighted by Gasteiger charge is -2.16. The fourth-order valence-electron chi connectivity index (χ4n) is 2.01. The number of hydrogen-bond donors (Lipinski definition) is 0. The summed E-state index contributed by atoms with van der Waals surface area (Å²) >= 11 is 0. The maximum absolute atomic E-state index is 5.34. The Kier molecular flexibility index (Phi) is 4.54. The van der Waals surface area contributed by atoms with E-state index in [0.717, 1.165) is 17.0 Å². The second-order valence-electron chi connectivity index (χ2n) is 4.03. The van der Waals surface area contributed by atoms with E-state index in [0.29, 0.717) is 6.54 Å². The monoisotopic (exact) mass is 262 g/mol. The van der Waals surface area contributed by atoms with Gasteiger partial charge in [0, 0.05) is 26.0 Å². The highest BCUT2D eigenvalue weighted by Gasteiger charge is 2.15. The van der Waals surface area contributed by atoms with Crippen molar-refractivity contribution in [3.63, 3.8) is 0 Å². The smallest absolute Gasteiger partial charge is 0.200 e. The minimum atomic E-state index is -0.419. The van der Waals surface area contributed by atoms with E-state index >= 15 is 0 Å². The lowest BCUT2D eigenvalue weighted by atomic mass is 10.2. The minimum Gasteiger partial charge on any atom is -0.496 e. The number of rotatable bonds is 6. The summed E-state index contributed by atoms with van der Waals surface area (Å²) in [6.07, 6.45) is 1.31. The molecule has 0 radical (unpaired) electrons. The summed E-state index contributed by atoms with van der Waals surface area (Å²) in [7, 11) is 4.87. The number of nitrogens with zero attached hydrogens (tertiary/aromatic N) is 2. The van der Waals surface area contributed by atoms with Gasteiger partial charge in [-0.3, -0.25) is 4.68 Å². The predicted octanol–water partition coefficient (Wildman–Crippen LogP) is 2.23. The van der Waals surface area contributed by atoms with Gasteiger partial charge in [-0.15, -0.1) is 0 Å². The fourth-order valence-corrected chi connectivity index (χ4v) is 2.01. The molecule has 0 spiro atoms. The summed E-state index contributed by atoms with van der Waals surface area (Å²) in [5, 5.41) is 4.30. The third kappa shape index (κ3) is 2.94.